The van der Waals surface area contributed by atoms with Crippen LogP contribution in [0, 0.1) is 11.8 Å². The molecule has 3 aromatic rings. The highest BCUT2D eigenvalue weighted by Crippen LogP contribution is 2.42. The molecular weight excluding hydrogens is 557 g/mol. The van der Waals surface area contributed by atoms with Crippen molar-refractivity contribution in [2.75, 3.05) is 30.2 Å². The molecule has 2 heterocycles. The summed E-state index contributed by atoms with van der Waals surface area (Å²) in [5.74, 6) is 8.85. The summed E-state index contributed by atoms with van der Waals surface area (Å²) < 4.78 is 24.9. The summed E-state index contributed by atoms with van der Waals surface area (Å²) >= 11 is 1.88. The van der Waals surface area contributed by atoms with E-state index in [1.165, 1.54) is 57.7 Å². The van der Waals surface area contributed by atoms with E-state index < -0.39 is 7.60 Å². The summed E-state index contributed by atoms with van der Waals surface area (Å²) in [5.41, 5.74) is 8.03. The number of hydrogen-bond acceptors (Lipinski definition) is 8. The van der Waals surface area contributed by atoms with Gasteiger partial charge in [-0.25, -0.2) is 15.0 Å². The van der Waals surface area contributed by atoms with Crippen LogP contribution >= 0.6 is 19.4 Å². The van der Waals surface area contributed by atoms with Crippen LogP contribution in [0.1, 0.15) is 76.7 Å². The van der Waals surface area contributed by atoms with Crippen LogP contribution in [0.5, 0.6) is 0 Å². The molecule has 9 nitrogen and oxygen atoms in total. The van der Waals surface area contributed by atoms with Crippen molar-refractivity contribution in [1.82, 2.24) is 19.5 Å². The summed E-state index contributed by atoms with van der Waals surface area (Å²) in [5, 5.41) is 0. The lowest BCUT2D eigenvalue weighted by Gasteiger charge is -2.17. The fourth-order valence-corrected chi connectivity index (χ4v) is 6.12. The summed E-state index contributed by atoms with van der Waals surface area (Å²) in [4.78, 5) is 22.4. The fraction of sp³-hybridized carbons (Fsp3) is 0.567. The van der Waals surface area contributed by atoms with E-state index in [9.17, 15) is 9.46 Å². The molecule has 3 rings (SSSR count). The molecule has 0 spiro atoms. The zero-order chi connectivity index (χ0) is 29.2. The average molecular weight is 602 g/mol. The number of anilines is 1. The van der Waals surface area contributed by atoms with Gasteiger partial charge in [-0.2, -0.15) is 11.8 Å². The highest BCUT2D eigenvalue weighted by Gasteiger charge is 2.21. The molecule has 1 unspecified atom stereocenters. The van der Waals surface area contributed by atoms with Gasteiger partial charge in [0.05, 0.1) is 25.6 Å². The largest absolute Gasteiger partial charge is 0.382 e. The number of unbranched alkanes of at least 4 members (excludes halogenated alkanes) is 8. The quantitative estimate of drug-likeness (QED) is 0.0831. The molecule has 41 heavy (non-hydrogen) atoms. The Kier molecular flexibility index (Phi) is 15.3. The number of nitrogens with zero attached hydrogens (tertiary/aromatic N) is 4. The van der Waals surface area contributed by atoms with Gasteiger partial charge in [0.15, 0.2) is 11.5 Å². The molecule has 2 aromatic heterocycles. The number of nitrogen functional groups attached to an aromatic ring is 1. The Balaban J connectivity index is 1.10. The van der Waals surface area contributed by atoms with Crippen LogP contribution < -0.4 is 5.73 Å². The van der Waals surface area contributed by atoms with Crippen LogP contribution in [-0.2, 0) is 20.4 Å². The Bertz CT molecular complexity index is 1260. The lowest BCUT2D eigenvalue weighted by Crippen LogP contribution is -2.17. The monoisotopic (exact) mass is 601 g/mol. The predicted octanol–water partition coefficient (Wildman–Crippen LogP) is 6.66. The first-order valence-electron chi connectivity index (χ1n) is 14.6. The van der Waals surface area contributed by atoms with Crippen molar-refractivity contribution >= 4 is 36.3 Å². The molecule has 3 N–H and O–H groups in total. The number of benzene rings is 1. The number of ether oxygens (including phenoxy) is 1. The minimum atomic E-state index is -3.80. The first kappa shape index (κ1) is 33.1. The molecule has 2 atom stereocenters. The maximum atomic E-state index is 12.3. The zero-order valence-corrected chi connectivity index (χ0v) is 25.8. The smallest absolute Gasteiger partial charge is 0.353 e. The summed E-state index contributed by atoms with van der Waals surface area (Å²) in [7, 11) is -3.80. The molecule has 0 saturated heterocycles. The summed E-state index contributed by atoms with van der Waals surface area (Å²) in [6.45, 7) is 2.48. The van der Waals surface area contributed by atoms with Crippen molar-refractivity contribution in [3.05, 3.63) is 48.5 Å². The molecule has 0 saturated carbocycles. The Labute approximate surface area is 248 Å². The number of fused-ring (bicyclic) bond motifs is 1. The minimum Gasteiger partial charge on any atom is -0.382 e. The second kappa shape index (κ2) is 18.9. The van der Waals surface area contributed by atoms with Crippen molar-refractivity contribution in [2.24, 2.45) is 0 Å². The molecular formula is C30H44N5O4PS. The van der Waals surface area contributed by atoms with Gasteiger partial charge < -0.3 is 24.5 Å². The molecule has 0 aliphatic heterocycles. The SMILES string of the molecule is C[C@H](Cn1cnc2c(N)ncnc21)OCP(=O)(O)OCCCSCCCCCCCCCCC#Cc1ccccc1. The summed E-state index contributed by atoms with van der Waals surface area (Å²) in [6.07, 6.45) is 14.2. The van der Waals surface area contributed by atoms with Gasteiger partial charge in [0.25, 0.3) is 0 Å². The molecule has 224 valence electrons. The fourth-order valence-electron chi connectivity index (χ4n) is 4.26. The van der Waals surface area contributed by atoms with E-state index in [4.69, 9.17) is 15.0 Å². The molecule has 11 heteroatoms. The molecule has 1 aromatic carbocycles. The third-order valence-corrected chi connectivity index (χ3v) is 8.69. The van der Waals surface area contributed by atoms with Gasteiger partial charge in [0, 0.05) is 12.0 Å². The molecule has 0 aliphatic carbocycles. The Morgan fingerprint density at radius 1 is 1.00 bits per heavy atom. The highest BCUT2D eigenvalue weighted by atomic mass is 32.2. The van der Waals surface area contributed by atoms with Crippen molar-refractivity contribution in [3.8, 4) is 11.8 Å². The van der Waals surface area contributed by atoms with Gasteiger partial charge >= 0.3 is 7.60 Å². The van der Waals surface area contributed by atoms with Gasteiger partial charge in [-0.1, -0.05) is 68.6 Å². The topological polar surface area (TPSA) is 125 Å². The van der Waals surface area contributed by atoms with Gasteiger partial charge in [0.1, 0.15) is 18.2 Å². The number of rotatable bonds is 20. The normalized spacial score (nSPS) is 13.5. The number of nitrogens with two attached hydrogens (primary N) is 1. The number of imidazole rings is 1. The second-order valence-corrected chi connectivity index (χ2v) is 13.1. The van der Waals surface area contributed by atoms with E-state index in [0.717, 1.165) is 29.9 Å². The zero-order valence-electron chi connectivity index (χ0n) is 24.1. The molecule has 0 bridgehead atoms. The standard InChI is InChI=1S/C30H44N5O4PS/c1-26(22-35-24-34-28-29(31)32-23-33-30(28)35)38-25-40(36,37)39-19-15-21-41-20-14-9-7-5-3-2-4-6-8-11-16-27-17-12-10-13-18-27/h10,12-13,17-18,23-24,26H,2-9,14-15,19-22,25H2,1H3,(H,36,37)(H2,31,32,33)/t26-/m1/s1. The van der Waals surface area contributed by atoms with E-state index in [1.807, 2.05) is 36.9 Å². The average Bonchev–Trinajstić information content (AvgIpc) is 3.38. The summed E-state index contributed by atoms with van der Waals surface area (Å²) in [6, 6.07) is 10.2. The maximum absolute atomic E-state index is 12.3. The van der Waals surface area contributed by atoms with Crippen molar-refractivity contribution in [2.45, 2.75) is 83.8 Å². The number of aromatic nitrogens is 4. The van der Waals surface area contributed by atoms with Crippen LogP contribution in [0.2, 0.25) is 0 Å². The van der Waals surface area contributed by atoms with E-state index in [-0.39, 0.29) is 19.1 Å². The number of hydrogen-bond donors (Lipinski definition) is 2. The molecule has 0 radical (unpaired) electrons. The number of thioether (sulfide) groups is 1. The first-order chi connectivity index (χ1) is 19.9. The van der Waals surface area contributed by atoms with Crippen molar-refractivity contribution < 1.29 is 18.7 Å². The van der Waals surface area contributed by atoms with Crippen LogP contribution in [-0.4, -0.2) is 55.0 Å². The van der Waals surface area contributed by atoms with Crippen LogP contribution in [0.4, 0.5) is 5.82 Å². The lowest BCUT2D eigenvalue weighted by atomic mass is 10.1. The Morgan fingerprint density at radius 3 is 2.49 bits per heavy atom. The van der Waals surface area contributed by atoms with Crippen molar-refractivity contribution in [1.29, 1.82) is 0 Å². The highest BCUT2D eigenvalue weighted by molar-refractivity contribution is 7.99. The third kappa shape index (κ3) is 13.4. The van der Waals surface area contributed by atoms with Crippen molar-refractivity contribution in [3.63, 3.8) is 0 Å². The second-order valence-electron chi connectivity index (χ2n) is 10.1. The molecule has 0 aliphatic rings. The van der Waals surface area contributed by atoms with E-state index in [1.54, 1.807) is 10.9 Å². The third-order valence-electron chi connectivity index (χ3n) is 6.48. The molecule has 0 amide bonds. The van der Waals surface area contributed by atoms with E-state index >= 15 is 0 Å². The van der Waals surface area contributed by atoms with Gasteiger partial charge in [0.2, 0.25) is 0 Å². The maximum Gasteiger partial charge on any atom is 0.353 e. The van der Waals surface area contributed by atoms with Crippen LogP contribution in [0.15, 0.2) is 43.0 Å². The minimum absolute atomic E-state index is 0.249. The van der Waals surface area contributed by atoms with Gasteiger partial charge in [-0.3, -0.25) is 4.57 Å². The predicted molar refractivity (Wildman–Crippen MR) is 168 cm³/mol. The van der Waals surface area contributed by atoms with Gasteiger partial charge in [-0.05, 0) is 49.8 Å². The van der Waals surface area contributed by atoms with Crippen LogP contribution in [0.3, 0.4) is 0 Å². The van der Waals surface area contributed by atoms with Gasteiger partial charge in [-0.15, -0.1) is 0 Å². The Hall–Kier alpha value is -2.41. The van der Waals surface area contributed by atoms with E-state index in [0.29, 0.717) is 23.5 Å². The lowest BCUT2D eigenvalue weighted by molar-refractivity contribution is 0.0718. The first-order valence-corrected chi connectivity index (χ1v) is 17.5. The van der Waals surface area contributed by atoms with Crippen LogP contribution in [0.25, 0.3) is 11.2 Å². The Morgan fingerprint density at radius 2 is 1.71 bits per heavy atom. The molecule has 0 fully saturated rings. The van der Waals surface area contributed by atoms with E-state index in [2.05, 4.69) is 38.9 Å².